The minimum absolute atomic E-state index is 0.485. The molecule has 60 valence electrons. The molecule has 2 heteroatoms. The summed E-state index contributed by atoms with van der Waals surface area (Å²) in [5.74, 6) is 0. The molecule has 1 aliphatic heterocycles. The number of rotatable bonds is 1. The summed E-state index contributed by atoms with van der Waals surface area (Å²) in [7, 11) is 0. The second kappa shape index (κ2) is 2.96. The Bertz CT molecular complexity index is 321. The molecule has 0 amide bonds. The standard InChI is InChI=1S/C10H10N2/c11-7-8-2-1-3-9(6-8)10-4-5-12-10/h1-3,6,10,12H,4-5H2/t10-/m1/s1. The van der Waals surface area contributed by atoms with E-state index in [1.54, 1.807) is 0 Å². The molecule has 1 N–H and O–H groups in total. The Morgan fingerprint density at radius 3 is 2.92 bits per heavy atom. The SMILES string of the molecule is N#Cc1cccc([C@H]2CCN2)c1. The molecule has 1 heterocycles. The zero-order valence-electron chi connectivity index (χ0n) is 6.75. The normalized spacial score (nSPS) is 21.1. The fourth-order valence-electron chi connectivity index (χ4n) is 1.40. The van der Waals surface area contributed by atoms with Crippen molar-refractivity contribution in [3.8, 4) is 6.07 Å². The summed E-state index contributed by atoms with van der Waals surface area (Å²) in [5.41, 5.74) is 1.99. The third-order valence-electron chi connectivity index (χ3n) is 2.24. The van der Waals surface area contributed by atoms with Gasteiger partial charge in [-0.15, -0.1) is 0 Å². The van der Waals surface area contributed by atoms with Crippen LogP contribution in [-0.2, 0) is 0 Å². The quantitative estimate of drug-likeness (QED) is 0.673. The molecule has 0 unspecified atom stereocenters. The first-order valence-electron chi connectivity index (χ1n) is 4.13. The highest BCUT2D eigenvalue weighted by Gasteiger charge is 2.17. The van der Waals surface area contributed by atoms with Gasteiger partial charge in [0.15, 0.2) is 0 Å². The average molecular weight is 158 g/mol. The zero-order valence-corrected chi connectivity index (χ0v) is 6.75. The summed E-state index contributed by atoms with van der Waals surface area (Å²) in [4.78, 5) is 0. The first-order valence-corrected chi connectivity index (χ1v) is 4.13. The molecule has 1 aliphatic rings. The molecule has 0 bridgehead atoms. The van der Waals surface area contributed by atoms with E-state index in [1.807, 2.05) is 18.2 Å². The fourth-order valence-corrected chi connectivity index (χ4v) is 1.40. The predicted octanol–water partition coefficient (Wildman–Crippen LogP) is 1.59. The summed E-state index contributed by atoms with van der Waals surface area (Å²) < 4.78 is 0. The second-order valence-corrected chi connectivity index (χ2v) is 3.03. The van der Waals surface area contributed by atoms with E-state index in [-0.39, 0.29) is 0 Å². The first kappa shape index (κ1) is 7.33. The van der Waals surface area contributed by atoms with Crippen molar-refractivity contribution >= 4 is 0 Å². The molecular formula is C10H10N2. The monoisotopic (exact) mass is 158 g/mol. The number of nitrogens with zero attached hydrogens (tertiary/aromatic N) is 1. The van der Waals surface area contributed by atoms with Gasteiger partial charge in [0.1, 0.15) is 0 Å². The Morgan fingerprint density at radius 2 is 2.33 bits per heavy atom. The minimum Gasteiger partial charge on any atom is -0.310 e. The van der Waals surface area contributed by atoms with Gasteiger partial charge in [-0.1, -0.05) is 12.1 Å². The molecule has 12 heavy (non-hydrogen) atoms. The van der Waals surface area contributed by atoms with Crippen LogP contribution in [-0.4, -0.2) is 6.54 Å². The molecule has 1 atom stereocenters. The Kier molecular flexibility index (Phi) is 1.81. The number of hydrogen-bond acceptors (Lipinski definition) is 2. The van der Waals surface area contributed by atoms with E-state index in [0.717, 1.165) is 12.1 Å². The van der Waals surface area contributed by atoms with Crippen LogP contribution in [0.5, 0.6) is 0 Å². The van der Waals surface area contributed by atoms with Gasteiger partial charge in [-0.2, -0.15) is 5.26 Å². The summed E-state index contributed by atoms with van der Waals surface area (Å²) in [6.45, 7) is 1.10. The van der Waals surface area contributed by atoms with Crippen molar-refractivity contribution in [2.75, 3.05) is 6.54 Å². The lowest BCUT2D eigenvalue weighted by atomic mass is 9.97. The van der Waals surface area contributed by atoms with Crippen LogP contribution in [0.25, 0.3) is 0 Å². The van der Waals surface area contributed by atoms with E-state index in [4.69, 9.17) is 5.26 Å². The lowest BCUT2D eigenvalue weighted by molar-refractivity contribution is 0.383. The maximum Gasteiger partial charge on any atom is 0.0991 e. The van der Waals surface area contributed by atoms with Gasteiger partial charge < -0.3 is 5.32 Å². The van der Waals surface area contributed by atoms with Crippen LogP contribution in [0, 0.1) is 11.3 Å². The van der Waals surface area contributed by atoms with Gasteiger partial charge in [0.25, 0.3) is 0 Å². The predicted molar refractivity (Wildman–Crippen MR) is 46.5 cm³/mol. The second-order valence-electron chi connectivity index (χ2n) is 3.03. The van der Waals surface area contributed by atoms with E-state index in [9.17, 15) is 0 Å². The van der Waals surface area contributed by atoms with Crippen LogP contribution in [0.1, 0.15) is 23.6 Å². The maximum absolute atomic E-state index is 8.66. The molecule has 0 saturated carbocycles. The number of benzene rings is 1. The summed E-state index contributed by atoms with van der Waals surface area (Å²) >= 11 is 0. The molecule has 2 rings (SSSR count). The van der Waals surface area contributed by atoms with Gasteiger partial charge in [-0.25, -0.2) is 0 Å². The first-order chi connectivity index (χ1) is 5.90. The number of nitriles is 1. The van der Waals surface area contributed by atoms with Gasteiger partial charge in [0.2, 0.25) is 0 Å². The molecule has 2 nitrogen and oxygen atoms in total. The molecule has 0 radical (unpaired) electrons. The topological polar surface area (TPSA) is 35.8 Å². The highest BCUT2D eigenvalue weighted by atomic mass is 15.0. The molecule has 1 aromatic rings. The van der Waals surface area contributed by atoms with Crippen molar-refractivity contribution < 1.29 is 0 Å². The summed E-state index contributed by atoms with van der Waals surface area (Å²) in [6, 6.07) is 10.4. The maximum atomic E-state index is 8.66. The number of hydrogen-bond donors (Lipinski definition) is 1. The van der Waals surface area contributed by atoms with Gasteiger partial charge in [0, 0.05) is 6.04 Å². The summed E-state index contributed by atoms with van der Waals surface area (Å²) in [6.07, 6.45) is 1.19. The lowest BCUT2D eigenvalue weighted by Gasteiger charge is -2.27. The molecule has 1 saturated heterocycles. The van der Waals surface area contributed by atoms with Gasteiger partial charge in [-0.05, 0) is 30.7 Å². The van der Waals surface area contributed by atoms with Crippen LogP contribution in [0.4, 0.5) is 0 Å². The van der Waals surface area contributed by atoms with Crippen molar-refractivity contribution in [3.63, 3.8) is 0 Å². The van der Waals surface area contributed by atoms with E-state index in [0.29, 0.717) is 6.04 Å². The molecule has 1 aromatic carbocycles. The number of nitrogens with one attached hydrogen (secondary N) is 1. The Labute approximate surface area is 71.8 Å². The van der Waals surface area contributed by atoms with Crippen molar-refractivity contribution in [2.24, 2.45) is 0 Å². The van der Waals surface area contributed by atoms with Crippen LogP contribution in [0.2, 0.25) is 0 Å². The fraction of sp³-hybridized carbons (Fsp3) is 0.300. The van der Waals surface area contributed by atoms with Crippen LogP contribution in [0.15, 0.2) is 24.3 Å². The third kappa shape index (κ3) is 1.19. The Hall–Kier alpha value is -1.33. The third-order valence-corrected chi connectivity index (χ3v) is 2.24. The lowest BCUT2D eigenvalue weighted by Crippen LogP contribution is -2.34. The highest BCUT2D eigenvalue weighted by Crippen LogP contribution is 2.22. The van der Waals surface area contributed by atoms with Crippen molar-refractivity contribution in [2.45, 2.75) is 12.5 Å². The average Bonchev–Trinajstić information content (AvgIpc) is 2.02. The molecule has 0 spiro atoms. The molecule has 1 fully saturated rings. The highest BCUT2D eigenvalue weighted by molar-refractivity contribution is 5.34. The van der Waals surface area contributed by atoms with Crippen molar-refractivity contribution in [1.29, 1.82) is 5.26 Å². The van der Waals surface area contributed by atoms with E-state index in [2.05, 4.69) is 17.5 Å². The van der Waals surface area contributed by atoms with E-state index >= 15 is 0 Å². The van der Waals surface area contributed by atoms with E-state index in [1.165, 1.54) is 12.0 Å². The Morgan fingerprint density at radius 1 is 1.50 bits per heavy atom. The van der Waals surface area contributed by atoms with Crippen molar-refractivity contribution in [1.82, 2.24) is 5.32 Å². The molecular weight excluding hydrogens is 148 g/mol. The largest absolute Gasteiger partial charge is 0.310 e. The van der Waals surface area contributed by atoms with Crippen molar-refractivity contribution in [3.05, 3.63) is 35.4 Å². The van der Waals surface area contributed by atoms with E-state index < -0.39 is 0 Å². The minimum atomic E-state index is 0.485. The molecule has 0 aliphatic carbocycles. The van der Waals surface area contributed by atoms with Crippen LogP contribution in [0.3, 0.4) is 0 Å². The van der Waals surface area contributed by atoms with Gasteiger partial charge in [-0.3, -0.25) is 0 Å². The van der Waals surface area contributed by atoms with Crippen LogP contribution < -0.4 is 5.32 Å². The Balaban J connectivity index is 2.27. The van der Waals surface area contributed by atoms with Gasteiger partial charge in [0.05, 0.1) is 11.6 Å². The smallest absolute Gasteiger partial charge is 0.0991 e. The van der Waals surface area contributed by atoms with Crippen LogP contribution >= 0.6 is 0 Å². The summed E-state index contributed by atoms with van der Waals surface area (Å²) in [5, 5.41) is 12.0. The molecule has 0 aromatic heterocycles. The zero-order chi connectivity index (χ0) is 8.39. The van der Waals surface area contributed by atoms with Gasteiger partial charge >= 0.3 is 0 Å².